The number of benzene rings is 5. The molecule has 0 spiro atoms. The van der Waals surface area contributed by atoms with Gasteiger partial charge in [-0.2, -0.15) is 0 Å². The van der Waals surface area contributed by atoms with Gasteiger partial charge in [0.05, 0.1) is 0 Å². The largest absolute Gasteiger partial charge is 0.508 e. The molecule has 0 radical (unpaired) electrons. The maximum absolute atomic E-state index is 14.6. The van der Waals surface area contributed by atoms with Gasteiger partial charge in [0, 0.05) is 36.5 Å². The lowest BCUT2D eigenvalue weighted by molar-refractivity contribution is -0.133. The highest BCUT2D eigenvalue weighted by molar-refractivity contribution is 6.31. The van der Waals surface area contributed by atoms with Crippen molar-refractivity contribution in [2.45, 2.75) is 103 Å². The van der Waals surface area contributed by atoms with Crippen LogP contribution < -0.4 is 43.0 Å². The number of ether oxygens (including phenoxy) is 3. The zero-order valence-electron chi connectivity index (χ0n) is 43.1. The van der Waals surface area contributed by atoms with Crippen molar-refractivity contribution in [3.05, 3.63) is 184 Å². The molecule has 5 rings (SSSR count). The SMILES string of the molecule is C=C(NCCC[C@@H](NC(=O)[C@H](Cc1c(C)cc(O)cc1C)NC(=O)OCc1ccccc1)C(=O)N[C@@H](Cc1ccccc1)C(=O)N[C@@H](CCCCNC(=O)OCc1ccccc1Cl)C(N)=O)NC(=O)OCc1ccccc1. The minimum Gasteiger partial charge on any atom is -0.508 e. The highest BCUT2D eigenvalue weighted by atomic mass is 35.5. The van der Waals surface area contributed by atoms with Crippen LogP contribution in [0.5, 0.6) is 5.75 Å². The van der Waals surface area contributed by atoms with Crippen molar-refractivity contribution < 1.29 is 52.9 Å². The highest BCUT2D eigenvalue weighted by Crippen LogP contribution is 2.23. The lowest BCUT2D eigenvalue weighted by atomic mass is 9.95. The summed E-state index contributed by atoms with van der Waals surface area (Å²) in [4.78, 5) is 94.3. The topological polar surface area (TPSA) is 278 Å². The maximum Gasteiger partial charge on any atom is 0.413 e. The second-order valence-electron chi connectivity index (χ2n) is 18.1. The van der Waals surface area contributed by atoms with Crippen LogP contribution in [0, 0.1) is 13.8 Å². The first kappa shape index (κ1) is 59.3. The molecule has 20 heteroatoms. The fraction of sp³-hybridized carbons (Fsp3) is 0.316. The van der Waals surface area contributed by atoms with E-state index in [1.807, 2.05) is 36.4 Å². The van der Waals surface area contributed by atoms with Crippen LogP contribution in [0.3, 0.4) is 0 Å². The summed E-state index contributed by atoms with van der Waals surface area (Å²) in [7, 11) is 0. The fourth-order valence-electron chi connectivity index (χ4n) is 7.99. The number of nitrogens with two attached hydrogens (primary N) is 1. The molecule has 0 fully saturated rings. The molecule has 408 valence electrons. The van der Waals surface area contributed by atoms with E-state index in [0.717, 1.165) is 5.56 Å². The van der Waals surface area contributed by atoms with Gasteiger partial charge in [-0.3, -0.25) is 24.5 Å². The number of halogens is 1. The zero-order valence-corrected chi connectivity index (χ0v) is 43.9. The molecule has 0 unspecified atom stereocenters. The number of nitrogens with one attached hydrogen (secondary N) is 7. The molecule has 4 atom stereocenters. The standard InChI is InChI=1S/C57H67ClN8O11/c1-37-30-44(67)31-38(2)45(37)33-50(66-57(74)76-35-42-22-11-6-12-23-42)54(71)64-48(27-17-29-60-39(3)62-56(73)75-34-41-20-9-5-10-21-41)52(69)65-49(32-40-18-7-4-8-19-40)53(70)63-47(51(59)68)26-15-16-28-61-55(72)77-36-43-24-13-14-25-46(43)58/h4-14,18-25,30-31,47-50,60,67H,3,15-17,26-29,32-36H2,1-2H3,(H2,59,68)(H,61,72)(H,62,73)(H,63,70)(H,64,71)(H,65,69)(H,66,74)/t47-,48+,49-,50-/m0/s1. The Bertz CT molecular complexity index is 2750. The van der Waals surface area contributed by atoms with Crippen molar-refractivity contribution in [3.8, 4) is 5.75 Å². The summed E-state index contributed by atoms with van der Waals surface area (Å²) in [5.41, 5.74) is 10.5. The molecule has 19 nitrogen and oxygen atoms in total. The Morgan fingerprint density at radius 1 is 0.545 bits per heavy atom. The van der Waals surface area contributed by atoms with Gasteiger partial charge in [-0.1, -0.05) is 127 Å². The number of primary amides is 1. The van der Waals surface area contributed by atoms with Crippen molar-refractivity contribution in [1.82, 2.24) is 37.2 Å². The Hall–Kier alpha value is -8.58. The number of alkyl carbamates (subject to hydrolysis) is 3. The highest BCUT2D eigenvalue weighted by Gasteiger charge is 2.32. The first-order valence-electron chi connectivity index (χ1n) is 25.1. The zero-order chi connectivity index (χ0) is 55.5. The van der Waals surface area contributed by atoms with Crippen LogP contribution in [0.1, 0.15) is 71.0 Å². The monoisotopic (exact) mass is 1070 g/mol. The summed E-state index contributed by atoms with van der Waals surface area (Å²) in [5, 5.41) is 29.8. The number of aryl methyl sites for hydroxylation is 2. The number of carbonyl (C=O) groups is 7. The predicted octanol–water partition coefficient (Wildman–Crippen LogP) is 6.55. The number of carbonyl (C=O) groups excluding carboxylic acids is 7. The van der Waals surface area contributed by atoms with Gasteiger partial charge < -0.3 is 57.0 Å². The molecule has 0 saturated heterocycles. The molecule has 10 N–H and O–H groups in total. The second-order valence-corrected chi connectivity index (χ2v) is 18.5. The van der Waals surface area contributed by atoms with E-state index in [1.54, 1.807) is 92.7 Å². The van der Waals surface area contributed by atoms with Gasteiger partial charge in [-0.25, -0.2) is 14.4 Å². The summed E-state index contributed by atoms with van der Waals surface area (Å²) < 4.78 is 16.0. The summed E-state index contributed by atoms with van der Waals surface area (Å²) >= 11 is 6.15. The van der Waals surface area contributed by atoms with E-state index in [1.165, 1.54) is 12.1 Å². The van der Waals surface area contributed by atoms with Crippen LogP contribution in [0.2, 0.25) is 5.02 Å². The average Bonchev–Trinajstić information content (AvgIpc) is 3.41. The summed E-state index contributed by atoms with van der Waals surface area (Å²) in [5.74, 6) is -2.98. The van der Waals surface area contributed by atoms with E-state index in [9.17, 15) is 38.7 Å². The number of aromatic hydroxyl groups is 1. The molecule has 7 amide bonds. The number of phenols is 1. The van der Waals surface area contributed by atoms with Crippen molar-refractivity contribution >= 4 is 53.5 Å². The molecule has 5 aromatic carbocycles. The Morgan fingerprint density at radius 2 is 1.03 bits per heavy atom. The van der Waals surface area contributed by atoms with Crippen LogP contribution in [0.25, 0.3) is 0 Å². The number of hydrogen-bond donors (Lipinski definition) is 9. The third-order valence-electron chi connectivity index (χ3n) is 12.1. The van der Waals surface area contributed by atoms with Crippen LogP contribution in [0.15, 0.2) is 140 Å². The van der Waals surface area contributed by atoms with Crippen LogP contribution in [-0.2, 0) is 66.1 Å². The second kappa shape index (κ2) is 31.3. The Kier molecular flexibility index (Phi) is 24.1. The van der Waals surface area contributed by atoms with Gasteiger partial charge in [-0.15, -0.1) is 0 Å². The van der Waals surface area contributed by atoms with E-state index in [2.05, 4.69) is 43.8 Å². The van der Waals surface area contributed by atoms with Gasteiger partial charge in [0.2, 0.25) is 23.6 Å². The van der Waals surface area contributed by atoms with Gasteiger partial charge in [0.1, 0.15) is 55.6 Å². The lowest BCUT2D eigenvalue weighted by Crippen LogP contribution is -2.58. The maximum atomic E-state index is 14.6. The predicted molar refractivity (Wildman–Crippen MR) is 290 cm³/mol. The summed E-state index contributed by atoms with van der Waals surface area (Å²) in [6, 6.07) is 31.8. The minimum absolute atomic E-state index is 0.0152. The molecular formula is C57H67ClN8O11. The quantitative estimate of drug-likeness (QED) is 0.0182. The van der Waals surface area contributed by atoms with Crippen LogP contribution in [-0.4, -0.2) is 84.3 Å². The van der Waals surface area contributed by atoms with Crippen LogP contribution in [0.4, 0.5) is 14.4 Å². The van der Waals surface area contributed by atoms with E-state index >= 15 is 0 Å². The Morgan fingerprint density at radius 3 is 1.62 bits per heavy atom. The first-order valence-corrected chi connectivity index (χ1v) is 25.5. The fourth-order valence-corrected chi connectivity index (χ4v) is 8.18. The van der Waals surface area contributed by atoms with E-state index in [4.69, 9.17) is 31.5 Å². The Labute approximate surface area is 453 Å². The molecule has 0 bridgehead atoms. The van der Waals surface area contributed by atoms with Crippen molar-refractivity contribution in [3.63, 3.8) is 0 Å². The first-order chi connectivity index (χ1) is 37.0. The molecule has 0 saturated carbocycles. The van der Waals surface area contributed by atoms with Crippen molar-refractivity contribution in [1.29, 1.82) is 0 Å². The average molecular weight is 1080 g/mol. The lowest BCUT2D eigenvalue weighted by Gasteiger charge is -2.27. The minimum atomic E-state index is -1.34. The van der Waals surface area contributed by atoms with Crippen molar-refractivity contribution in [2.75, 3.05) is 13.1 Å². The number of amides is 7. The summed E-state index contributed by atoms with van der Waals surface area (Å²) in [6.07, 6.45) is -1.42. The molecule has 0 aliphatic heterocycles. The van der Waals surface area contributed by atoms with Gasteiger partial charge >= 0.3 is 18.3 Å². The smallest absolute Gasteiger partial charge is 0.413 e. The molecule has 5 aromatic rings. The summed E-state index contributed by atoms with van der Waals surface area (Å²) in [6.45, 7) is 7.59. The van der Waals surface area contributed by atoms with Gasteiger partial charge in [0.25, 0.3) is 0 Å². The third kappa shape index (κ3) is 21.3. The van der Waals surface area contributed by atoms with Crippen molar-refractivity contribution in [2.24, 2.45) is 5.73 Å². The molecule has 0 aliphatic carbocycles. The number of rotatable bonds is 29. The van der Waals surface area contributed by atoms with Gasteiger partial charge in [-0.05, 0) is 97.5 Å². The molecule has 77 heavy (non-hydrogen) atoms. The molecule has 0 aromatic heterocycles. The van der Waals surface area contributed by atoms with Gasteiger partial charge in [0.15, 0.2) is 0 Å². The number of hydrogen-bond acceptors (Lipinski definition) is 12. The molecular weight excluding hydrogens is 1010 g/mol. The van der Waals surface area contributed by atoms with E-state index < -0.39 is 66.1 Å². The normalized spacial score (nSPS) is 12.2. The molecule has 0 aliphatic rings. The van der Waals surface area contributed by atoms with E-state index in [-0.39, 0.29) is 76.6 Å². The molecule has 0 heterocycles. The third-order valence-corrected chi connectivity index (χ3v) is 12.5. The Balaban J connectivity index is 1.30. The number of phenolic OH excluding ortho intramolecular Hbond substituents is 1. The van der Waals surface area contributed by atoms with Crippen LogP contribution >= 0.6 is 11.6 Å². The van der Waals surface area contributed by atoms with E-state index in [0.29, 0.717) is 51.2 Å². The number of unbranched alkanes of at least 4 members (excludes halogenated alkanes) is 1.